The Morgan fingerprint density at radius 1 is 1.19 bits per heavy atom. The molecule has 2 aromatic carbocycles. The zero-order chi connectivity index (χ0) is 23.1. The Labute approximate surface area is 191 Å². The fourth-order valence-corrected chi connectivity index (χ4v) is 5.11. The number of carbonyl (C=O) groups is 1. The molecule has 0 bridgehead atoms. The lowest BCUT2D eigenvalue weighted by molar-refractivity contribution is -0.126. The van der Waals surface area contributed by atoms with E-state index in [-0.39, 0.29) is 22.8 Å². The van der Waals surface area contributed by atoms with E-state index in [9.17, 15) is 13.2 Å². The highest BCUT2D eigenvalue weighted by Gasteiger charge is 2.28. The van der Waals surface area contributed by atoms with Gasteiger partial charge in [0.25, 0.3) is 0 Å². The summed E-state index contributed by atoms with van der Waals surface area (Å²) in [6, 6.07) is 14.2. The van der Waals surface area contributed by atoms with Gasteiger partial charge in [-0.15, -0.1) is 0 Å². The second kappa shape index (κ2) is 10.9. The van der Waals surface area contributed by atoms with Crippen LogP contribution in [0, 0.1) is 12.8 Å². The highest BCUT2D eigenvalue weighted by Crippen LogP contribution is 2.20. The van der Waals surface area contributed by atoms with Gasteiger partial charge < -0.3 is 10.1 Å². The van der Waals surface area contributed by atoms with Gasteiger partial charge in [-0.2, -0.15) is 0 Å². The monoisotopic (exact) mass is 459 g/mol. The molecule has 174 valence electrons. The topological polar surface area (TPSA) is 87.7 Å². The van der Waals surface area contributed by atoms with Gasteiger partial charge in [0.2, 0.25) is 15.9 Å². The van der Waals surface area contributed by atoms with E-state index in [1.807, 2.05) is 38.1 Å². The van der Waals surface area contributed by atoms with E-state index in [1.165, 1.54) is 0 Å². The Bertz CT molecular complexity index is 1010. The molecule has 0 aliphatic carbocycles. The molecule has 32 heavy (non-hydrogen) atoms. The lowest BCUT2D eigenvalue weighted by atomic mass is 9.97. The van der Waals surface area contributed by atoms with Crippen LogP contribution in [0.25, 0.3) is 0 Å². The van der Waals surface area contributed by atoms with Crippen molar-refractivity contribution in [2.24, 2.45) is 5.92 Å². The van der Waals surface area contributed by atoms with Crippen molar-refractivity contribution < 1.29 is 17.9 Å². The standard InChI is InChI=1S/C24H33N3O4S/c1-18-10-12-22(13-11-18)32(29,30)26-15-20-7-6-14-27(17-20)19(2)24(28)25-16-21-8-4-5-9-23(21)31-3/h4-5,8-13,19-20,26H,6-7,14-17H2,1-3H3,(H,25,28). The van der Waals surface area contributed by atoms with Crippen LogP contribution in [0.5, 0.6) is 5.75 Å². The Balaban J connectivity index is 1.52. The first-order chi connectivity index (χ1) is 15.3. The Kier molecular flexibility index (Phi) is 8.28. The number of methoxy groups -OCH3 is 1. The van der Waals surface area contributed by atoms with E-state index >= 15 is 0 Å². The fraction of sp³-hybridized carbons (Fsp3) is 0.458. The average molecular weight is 460 g/mol. The molecule has 7 nitrogen and oxygen atoms in total. The number of ether oxygens (including phenoxy) is 1. The number of carbonyl (C=O) groups excluding carboxylic acids is 1. The van der Waals surface area contributed by atoms with Crippen molar-refractivity contribution >= 4 is 15.9 Å². The van der Waals surface area contributed by atoms with Gasteiger partial charge >= 0.3 is 0 Å². The van der Waals surface area contributed by atoms with E-state index in [4.69, 9.17) is 4.74 Å². The maximum absolute atomic E-state index is 12.7. The number of hydrogen-bond donors (Lipinski definition) is 2. The first kappa shape index (κ1) is 24.2. The van der Waals surface area contributed by atoms with Crippen molar-refractivity contribution in [1.82, 2.24) is 14.9 Å². The Morgan fingerprint density at radius 3 is 2.62 bits per heavy atom. The molecular weight excluding hydrogens is 426 g/mol. The predicted molar refractivity (Wildman–Crippen MR) is 125 cm³/mol. The van der Waals surface area contributed by atoms with Crippen LogP contribution in [0.2, 0.25) is 0 Å². The summed E-state index contributed by atoms with van der Waals surface area (Å²) in [5.74, 6) is 0.865. The summed E-state index contributed by atoms with van der Waals surface area (Å²) in [5, 5.41) is 3.00. The smallest absolute Gasteiger partial charge is 0.240 e. The minimum atomic E-state index is -3.54. The molecule has 0 spiro atoms. The number of para-hydroxylation sites is 1. The lowest BCUT2D eigenvalue weighted by Crippen LogP contribution is -2.50. The molecule has 0 aromatic heterocycles. The van der Waals surface area contributed by atoms with Gasteiger partial charge in [-0.3, -0.25) is 9.69 Å². The molecule has 2 aromatic rings. The van der Waals surface area contributed by atoms with E-state index in [2.05, 4.69) is 14.9 Å². The maximum Gasteiger partial charge on any atom is 0.240 e. The third-order valence-corrected chi connectivity index (χ3v) is 7.46. The van der Waals surface area contributed by atoms with E-state index in [1.54, 1.807) is 31.4 Å². The predicted octanol–water partition coefficient (Wildman–Crippen LogP) is 2.70. The van der Waals surface area contributed by atoms with E-state index in [0.29, 0.717) is 19.6 Å². The SMILES string of the molecule is COc1ccccc1CNC(=O)C(C)N1CCCC(CNS(=O)(=O)c2ccc(C)cc2)C1. The number of likely N-dealkylation sites (tertiary alicyclic amines) is 1. The zero-order valence-corrected chi connectivity index (χ0v) is 19.8. The fourth-order valence-electron chi connectivity index (χ4n) is 3.99. The van der Waals surface area contributed by atoms with Crippen molar-refractivity contribution in [3.05, 3.63) is 59.7 Å². The van der Waals surface area contributed by atoms with Crippen LogP contribution in [0.15, 0.2) is 53.4 Å². The zero-order valence-electron chi connectivity index (χ0n) is 19.0. The molecule has 1 heterocycles. The quantitative estimate of drug-likeness (QED) is 0.602. The Morgan fingerprint density at radius 2 is 1.91 bits per heavy atom. The number of benzene rings is 2. The molecule has 2 N–H and O–H groups in total. The molecule has 2 unspecified atom stereocenters. The largest absolute Gasteiger partial charge is 0.496 e. The summed E-state index contributed by atoms with van der Waals surface area (Å²) in [6.07, 6.45) is 1.86. The van der Waals surface area contributed by atoms with Crippen LogP contribution in [-0.4, -0.2) is 52.0 Å². The first-order valence-electron chi connectivity index (χ1n) is 11.0. The van der Waals surface area contributed by atoms with Crippen LogP contribution in [-0.2, 0) is 21.4 Å². The van der Waals surface area contributed by atoms with Crippen molar-refractivity contribution in [3.63, 3.8) is 0 Å². The molecule has 3 rings (SSSR count). The summed E-state index contributed by atoms with van der Waals surface area (Å²) in [6.45, 7) is 6.09. The van der Waals surface area contributed by atoms with Gasteiger partial charge in [0, 0.05) is 25.2 Å². The maximum atomic E-state index is 12.7. The summed E-state index contributed by atoms with van der Waals surface area (Å²) < 4.78 is 33.3. The van der Waals surface area contributed by atoms with Gasteiger partial charge in [0.05, 0.1) is 18.0 Å². The van der Waals surface area contributed by atoms with Gasteiger partial charge in [-0.1, -0.05) is 35.9 Å². The minimum absolute atomic E-state index is 0.0446. The van der Waals surface area contributed by atoms with Gasteiger partial charge in [-0.25, -0.2) is 13.1 Å². The van der Waals surface area contributed by atoms with Gasteiger partial charge in [0.15, 0.2) is 0 Å². The normalized spacial score (nSPS) is 18.2. The number of aryl methyl sites for hydroxylation is 1. The highest BCUT2D eigenvalue weighted by molar-refractivity contribution is 7.89. The third kappa shape index (κ3) is 6.31. The summed E-state index contributed by atoms with van der Waals surface area (Å²) in [7, 11) is -1.92. The molecule has 1 saturated heterocycles. The third-order valence-electron chi connectivity index (χ3n) is 6.02. The molecule has 0 saturated carbocycles. The molecule has 1 aliphatic rings. The number of amides is 1. The number of piperidine rings is 1. The molecular formula is C24H33N3O4S. The van der Waals surface area contributed by atoms with Crippen LogP contribution >= 0.6 is 0 Å². The molecule has 1 amide bonds. The van der Waals surface area contributed by atoms with Crippen molar-refractivity contribution in [2.45, 2.75) is 44.2 Å². The summed E-state index contributed by atoms with van der Waals surface area (Å²) in [4.78, 5) is 15.2. The highest BCUT2D eigenvalue weighted by atomic mass is 32.2. The molecule has 0 radical (unpaired) electrons. The minimum Gasteiger partial charge on any atom is -0.496 e. The van der Waals surface area contributed by atoms with E-state index < -0.39 is 10.0 Å². The molecule has 1 aliphatic heterocycles. The summed E-state index contributed by atoms with van der Waals surface area (Å²) in [5.41, 5.74) is 1.95. The molecule has 1 fully saturated rings. The van der Waals surface area contributed by atoms with Crippen LogP contribution < -0.4 is 14.8 Å². The van der Waals surface area contributed by atoms with Crippen LogP contribution in [0.4, 0.5) is 0 Å². The number of rotatable bonds is 9. The molecule has 8 heteroatoms. The lowest BCUT2D eigenvalue weighted by Gasteiger charge is -2.36. The average Bonchev–Trinajstić information content (AvgIpc) is 2.81. The molecule has 2 atom stereocenters. The number of sulfonamides is 1. The first-order valence-corrected chi connectivity index (χ1v) is 12.5. The van der Waals surface area contributed by atoms with Crippen molar-refractivity contribution in [1.29, 1.82) is 0 Å². The summed E-state index contributed by atoms with van der Waals surface area (Å²) >= 11 is 0. The van der Waals surface area contributed by atoms with Crippen LogP contribution in [0.1, 0.15) is 30.9 Å². The number of nitrogens with one attached hydrogen (secondary N) is 2. The van der Waals surface area contributed by atoms with Crippen molar-refractivity contribution in [2.75, 3.05) is 26.7 Å². The van der Waals surface area contributed by atoms with Gasteiger partial charge in [-0.05, 0) is 57.4 Å². The second-order valence-corrected chi connectivity index (χ2v) is 10.1. The van der Waals surface area contributed by atoms with Crippen LogP contribution in [0.3, 0.4) is 0 Å². The van der Waals surface area contributed by atoms with E-state index in [0.717, 1.165) is 36.3 Å². The van der Waals surface area contributed by atoms with Gasteiger partial charge in [0.1, 0.15) is 5.75 Å². The second-order valence-electron chi connectivity index (χ2n) is 8.37. The van der Waals surface area contributed by atoms with Crippen molar-refractivity contribution in [3.8, 4) is 5.75 Å². The number of hydrogen-bond acceptors (Lipinski definition) is 5. The Hall–Kier alpha value is -2.42. The number of nitrogens with zero attached hydrogens (tertiary/aromatic N) is 1.